The SMILES string of the molecule is CCOc1cc(/C=N/NC(=O)C(C)Oc2ccc(Br)cc2)ccc1OC(=O)c1ccc(OC)cc1. The Hall–Kier alpha value is -3.85. The first-order valence-corrected chi connectivity index (χ1v) is 11.6. The van der Waals surface area contributed by atoms with E-state index in [0.29, 0.717) is 35.0 Å². The van der Waals surface area contributed by atoms with E-state index in [4.69, 9.17) is 18.9 Å². The van der Waals surface area contributed by atoms with E-state index in [9.17, 15) is 9.59 Å². The van der Waals surface area contributed by atoms with Gasteiger partial charge in [-0.1, -0.05) is 15.9 Å². The van der Waals surface area contributed by atoms with Crippen molar-refractivity contribution in [2.75, 3.05) is 13.7 Å². The lowest BCUT2D eigenvalue weighted by atomic mass is 10.2. The molecular formula is C26H25BrN2O6. The summed E-state index contributed by atoms with van der Waals surface area (Å²) in [6.07, 6.45) is 0.717. The van der Waals surface area contributed by atoms with Crippen LogP contribution in [-0.2, 0) is 4.79 Å². The van der Waals surface area contributed by atoms with Crippen molar-refractivity contribution >= 4 is 34.0 Å². The zero-order valence-electron chi connectivity index (χ0n) is 19.5. The van der Waals surface area contributed by atoms with Crippen LogP contribution >= 0.6 is 15.9 Å². The highest BCUT2D eigenvalue weighted by Gasteiger charge is 2.15. The van der Waals surface area contributed by atoms with Crippen LogP contribution in [0, 0.1) is 0 Å². The van der Waals surface area contributed by atoms with Crippen LogP contribution in [0.3, 0.4) is 0 Å². The summed E-state index contributed by atoms with van der Waals surface area (Å²) in [6.45, 7) is 3.82. The molecule has 0 bridgehead atoms. The summed E-state index contributed by atoms with van der Waals surface area (Å²) >= 11 is 3.35. The van der Waals surface area contributed by atoms with Crippen LogP contribution in [0.2, 0.25) is 0 Å². The molecule has 9 heteroatoms. The molecule has 182 valence electrons. The van der Waals surface area contributed by atoms with E-state index in [1.54, 1.807) is 68.6 Å². The molecule has 0 saturated heterocycles. The summed E-state index contributed by atoms with van der Waals surface area (Å²) in [5.41, 5.74) is 3.47. The van der Waals surface area contributed by atoms with Crippen LogP contribution in [0.4, 0.5) is 0 Å². The number of methoxy groups -OCH3 is 1. The maximum Gasteiger partial charge on any atom is 0.343 e. The normalized spacial score (nSPS) is 11.5. The Labute approximate surface area is 212 Å². The van der Waals surface area contributed by atoms with E-state index in [1.165, 1.54) is 6.21 Å². The molecule has 1 N–H and O–H groups in total. The van der Waals surface area contributed by atoms with E-state index in [0.717, 1.165) is 4.47 Å². The van der Waals surface area contributed by atoms with Crippen LogP contribution in [0.15, 0.2) is 76.3 Å². The molecule has 0 spiro atoms. The minimum Gasteiger partial charge on any atom is -0.497 e. The molecule has 0 aliphatic carbocycles. The number of rotatable bonds is 10. The number of nitrogens with one attached hydrogen (secondary N) is 1. The topological polar surface area (TPSA) is 95.5 Å². The molecular weight excluding hydrogens is 516 g/mol. The predicted octanol–water partition coefficient (Wildman–Crippen LogP) is 4.99. The first-order chi connectivity index (χ1) is 16.9. The number of hydrogen-bond donors (Lipinski definition) is 1. The van der Waals surface area contributed by atoms with Crippen molar-refractivity contribution in [2.45, 2.75) is 20.0 Å². The van der Waals surface area contributed by atoms with E-state index in [1.807, 2.05) is 19.1 Å². The summed E-state index contributed by atoms with van der Waals surface area (Å²) in [7, 11) is 1.55. The van der Waals surface area contributed by atoms with Gasteiger partial charge in [0.05, 0.1) is 25.5 Å². The summed E-state index contributed by atoms with van der Waals surface area (Å²) in [5.74, 6) is 0.922. The molecule has 1 amide bonds. The monoisotopic (exact) mass is 540 g/mol. The van der Waals surface area contributed by atoms with Crippen molar-refractivity contribution in [2.24, 2.45) is 5.10 Å². The van der Waals surface area contributed by atoms with Crippen LogP contribution in [0.25, 0.3) is 0 Å². The standard InChI is InChI=1S/C26H25BrN2O6/c1-4-33-24-15-18(5-14-23(24)35-26(31)19-6-10-21(32-3)11-7-19)16-28-29-25(30)17(2)34-22-12-8-20(27)9-13-22/h5-17H,4H2,1-3H3,(H,29,30)/b28-16+. The summed E-state index contributed by atoms with van der Waals surface area (Å²) < 4.78 is 22.8. The third-order valence-corrected chi connectivity index (χ3v) is 5.21. The van der Waals surface area contributed by atoms with Gasteiger partial charge in [-0.3, -0.25) is 4.79 Å². The number of benzene rings is 3. The predicted molar refractivity (Wildman–Crippen MR) is 136 cm³/mol. The molecule has 8 nitrogen and oxygen atoms in total. The van der Waals surface area contributed by atoms with Crippen LogP contribution in [-0.4, -0.2) is 37.9 Å². The van der Waals surface area contributed by atoms with E-state index in [-0.39, 0.29) is 5.75 Å². The Morgan fingerprint density at radius 1 is 1.00 bits per heavy atom. The average molecular weight is 541 g/mol. The smallest absolute Gasteiger partial charge is 0.343 e. The van der Waals surface area contributed by atoms with Gasteiger partial charge in [0.25, 0.3) is 5.91 Å². The molecule has 0 radical (unpaired) electrons. The van der Waals surface area contributed by atoms with Crippen molar-refractivity contribution in [3.05, 3.63) is 82.3 Å². The fourth-order valence-corrected chi connectivity index (χ4v) is 3.14. The molecule has 3 aromatic carbocycles. The lowest BCUT2D eigenvalue weighted by Crippen LogP contribution is -2.33. The number of carbonyl (C=O) groups excluding carboxylic acids is 2. The van der Waals surface area contributed by atoms with Crippen LogP contribution < -0.4 is 24.4 Å². The minimum absolute atomic E-state index is 0.269. The minimum atomic E-state index is -0.743. The second-order valence-electron chi connectivity index (χ2n) is 7.21. The van der Waals surface area contributed by atoms with Crippen molar-refractivity contribution in [3.8, 4) is 23.0 Å². The fourth-order valence-electron chi connectivity index (χ4n) is 2.88. The number of hydrazone groups is 1. The first kappa shape index (κ1) is 25.8. The summed E-state index contributed by atoms with van der Waals surface area (Å²) in [5, 5.41) is 3.99. The van der Waals surface area contributed by atoms with Gasteiger partial charge in [-0.25, -0.2) is 10.2 Å². The molecule has 0 aliphatic heterocycles. The quantitative estimate of drug-likeness (QED) is 0.168. The van der Waals surface area contributed by atoms with Crippen molar-refractivity contribution < 1.29 is 28.5 Å². The maximum absolute atomic E-state index is 12.5. The van der Waals surface area contributed by atoms with Crippen LogP contribution in [0.5, 0.6) is 23.0 Å². The Kier molecular flexibility index (Phi) is 9.25. The third-order valence-electron chi connectivity index (χ3n) is 4.68. The van der Waals surface area contributed by atoms with Crippen LogP contribution in [0.1, 0.15) is 29.8 Å². The molecule has 3 aromatic rings. The van der Waals surface area contributed by atoms with E-state index >= 15 is 0 Å². The van der Waals surface area contributed by atoms with Gasteiger partial charge in [0, 0.05) is 4.47 Å². The fraction of sp³-hybridized carbons (Fsp3) is 0.192. The number of halogens is 1. The first-order valence-electron chi connectivity index (χ1n) is 10.8. The van der Waals surface area contributed by atoms with Crippen molar-refractivity contribution in [1.82, 2.24) is 5.43 Å². The number of esters is 1. The van der Waals surface area contributed by atoms with Gasteiger partial charge in [-0.2, -0.15) is 5.10 Å². The number of amides is 1. The Balaban J connectivity index is 1.62. The second kappa shape index (κ2) is 12.6. The van der Waals surface area contributed by atoms with E-state index < -0.39 is 18.0 Å². The largest absolute Gasteiger partial charge is 0.497 e. The number of nitrogens with zero attached hydrogens (tertiary/aromatic N) is 1. The average Bonchev–Trinajstić information content (AvgIpc) is 2.87. The number of carbonyl (C=O) groups is 2. The Morgan fingerprint density at radius 3 is 2.34 bits per heavy atom. The van der Waals surface area contributed by atoms with Gasteiger partial charge in [0.1, 0.15) is 11.5 Å². The molecule has 1 atom stereocenters. The molecule has 0 saturated carbocycles. The lowest BCUT2D eigenvalue weighted by Gasteiger charge is -2.13. The van der Waals surface area contributed by atoms with E-state index in [2.05, 4.69) is 26.5 Å². The highest BCUT2D eigenvalue weighted by Crippen LogP contribution is 2.29. The highest BCUT2D eigenvalue weighted by atomic mass is 79.9. The zero-order chi connectivity index (χ0) is 25.2. The highest BCUT2D eigenvalue weighted by molar-refractivity contribution is 9.10. The third kappa shape index (κ3) is 7.58. The van der Waals surface area contributed by atoms with Gasteiger partial charge in [0.2, 0.25) is 0 Å². The van der Waals surface area contributed by atoms with Gasteiger partial charge in [0.15, 0.2) is 17.6 Å². The molecule has 3 rings (SSSR count). The molecule has 35 heavy (non-hydrogen) atoms. The molecule has 0 aromatic heterocycles. The Morgan fingerprint density at radius 2 is 1.69 bits per heavy atom. The molecule has 0 heterocycles. The maximum atomic E-state index is 12.5. The molecule has 1 unspecified atom stereocenters. The van der Waals surface area contributed by atoms with Gasteiger partial charge < -0.3 is 18.9 Å². The molecule has 0 aliphatic rings. The van der Waals surface area contributed by atoms with Gasteiger partial charge in [-0.15, -0.1) is 0 Å². The van der Waals surface area contributed by atoms with Crippen molar-refractivity contribution in [1.29, 1.82) is 0 Å². The summed E-state index contributed by atoms with van der Waals surface area (Å²) in [6, 6.07) is 18.7. The number of hydrogen-bond acceptors (Lipinski definition) is 7. The Bertz CT molecular complexity index is 1180. The van der Waals surface area contributed by atoms with Crippen molar-refractivity contribution in [3.63, 3.8) is 0 Å². The van der Waals surface area contributed by atoms with Gasteiger partial charge in [-0.05, 0) is 86.1 Å². The zero-order valence-corrected chi connectivity index (χ0v) is 21.1. The van der Waals surface area contributed by atoms with Gasteiger partial charge >= 0.3 is 5.97 Å². The summed E-state index contributed by atoms with van der Waals surface area (Å²) in [4.78, 5) is 24.8. The molecule has 0 fully saturated rings. The lowest BCUT2D eigenvalue weighted by molar-refractivity contribution is -0.127. The second-order valence-corrected chi connectivity index (χ2v) is 8.12. The number of ether oxygens (including phenoxy) is 4.